The molecule has 0 aliphatic carbocycles. The van der Waals surface area contributed by atoms with Gasteiger partial charge < -0.3 is 15.0 Å². The zero-order valence-electron chi connectivity index (χ0n) is 19.9. The molecule has 2 aromatic carbocycles. The van der Waals surface area contributed by atoms with E-state index in [1.807, 2.05) is 75.7 Å². The monoisotopic (exact) mass is 449 g/mol. The summed E-state index contributed by atoms with van der Waals surface area (Å²) in [4.78, 5) is 27.2. The molecule has 2 heterocycles. The first-order valence-corrected chi connectivity index (χ1v) is 11.3. The standard InChI is InChI=1S/C25H31N5O3/c1-16-10-11-18-8-6-7-9-20(18)21(16)26-23(31)22-17(2)30(28-27-22)19-12-14-29(15-13-19)24(32)33-25(3,4)5/h6-11,19H,12-15H2,1-5H3,(H,26,31). The minimum absolute atomic E-state index is 0.0806. The highest BCUT2D eigenvalue weighted by atomic mass is 16.6. The Balaban J connectivity index is 1.46. The van der Waals surface area contributed by atoms with E-state index < -0.39 is 5.60 Å². The lowest BCUT2D eigenvalue weighted by molar-refractivity contribution is 0.0183. The van der Waals surface area contributed by atoms with Crippen LogP contribution in [0.3, 0.4) is 0 Å². The number of aromatic nitrogens is 3. The molecule has 8 heteroatoms. The lowest BCUT2D eigenvalue weighted by Gasteiger charge is -2.33. The Morgan fingerprint density at radius 2 is 1.76 bits per heavy atom. The minimum Gasteiger partial charge on any atom is -0.444 e. The molecular formula is C25H31N5O3. The third-order valence-corrected chi connectivity index (χ3v) is 5.98. The normalized spacial score (nSPS) is 15.0. The summed E-state index contributed by atoms with van der Waals surface area (Å²) in [5, 5.41) is 13.6. The zero-order chi connectivity index (χ0) is 23.8. The summed E-state index contributed by atoms with van der Waals surface area (Å²) in [6.45, 7) is 10.6. The van der Waals surface area contributed by atoms with E-state index in [4.69, 9.17) is 4.74 Å². The van der Waals surface area contributed by atoms with Crippen molar-refractivity contribution in [3.05, 3.63) is 53.3 Å². The lowest BCUT2D eigenvalue weighted by Crippen LogP contribution is -2.42. The Hall–Kier alpha value is -3.42. The van der Waals surface area contributed by atoms with Gasteiger partial charge in [0.25, 0.3) is 5.91 Å². The van der Waals surface area contributed by atoms with Crippen molar-refractivity contribution in [1.29, 1.82) is 0 Å². The number of piperidine rings is 1. The molecule has 0 radical (unpaired) electrons. The number of ether oxygens (including phenoxy) is 1. The highest BCUT2D eigenvalue weighted by molar-refractivity contribution is 6.09. The third kappa shape index (κ3) is 4.84. The van der Waals surface area contributed by atoms with Gasteiger partial charge in [0.2, 0.25) is 0 Å². The molecule has 174 valence electrons. The molecule has 4 rings (SSSR count). The summed E-state index contributed by atoms with van der Waals surface area (Å²) < 4.78 is 7.29. The Kier molecular flexibility index (Phi) is 6.10. The van der Waals surface area contributed by atoms with Gasteiger partial charge in [0.1, 0.15) is 5.60 Å². The molecule has 1 aromatic heterocycles. The fourth-order valence-electron chi connectivity index (χ4n) is 4.24. The van der Waals surface area contributed by atoms with Crippen molar-refractivity contribution < 1.29 is 14.3 Å². The summed E-state index contributed by atoms with van der Waals surface area (Å²) >= 11 is 0. The van der Waals surface area contributed by atoms with E-state index in [0.717, 1.165) is 40.6 Å². The number of anilines is 1. The van der Waals surface area contributed by atoms with Gasteiger partial charge in [-0.15, -0.1) is 5.10 Å². The second-order valence-corrected chi connectivity index (χ2v) is 9.60. The Morgan fingerprint density at radius 1 is 1.06 bits per heavy atom. The Labute approximate surface area is 193 Å². The molecule has 0 atom stereocenters. The largest absolute Gasteiger partial charge is 0.444 e. The number of benzene rings is 2. The number of nitrogens with one attached hydrogen (secondary N) is 1. The van der Waals surface area contributed by atoms with Gasteiger partial charge in [-0.2, -0.15) is 0 Å². The molecule has 8 nitrogen and oxygen atoms in total. The van der Waals surface area contributed by atoms with Crippen molar-refractivity contribution >= 4 is 28.5 Å². The third-order valence-electron chi connectivity index (χ3n) is 5.98. The zero-order valence-corrected chi connectivity index (χ0v) is 19.9. The van der Waals surface area contributed by atoms with E-state index in [0.29, 0.717) is 18.8 Å². The van der Waals surface area contributed by atoms with E-state index in [9.17, 15) is 9.59 Å². The molecule has 0 spiro atoms. The van der Waals surface area contributed by atoms with Crippen LogP contribution in [-0.2, 0) is 4.74 Å². The van der Waals surface area contributed by atoms with Gasteiger partial charge in [0.15, 0.2) is 5.69 Å². The van der Waals surface area contributed by atoms with Crippen molar-refractivity contribution in [1.82, 2.24) is 19.9 Å². The molecule has 1 aliphatic rings. The molecule has 0 saturated carbocycles. The number of hydrogen-bond donors (Lipinski definition) is 1. The van der Waals surface area contributed by atoms with E-state index in [1.165, 1.54) is 0 Å². The number of carbonyl (C=O) groups is 2. The number of nitrogens with zero attached hydrogens (tertiary/aromatic N) is 4. The van der Waals surface area contributed by atoms with Crippen LogP contribution in [0.15, 0.2) is 36.4 Å². The van der Waals surface area contributed by atoms with Gasteiger partial charge in [-0.3, -0.25) is 4.79 Å². The summed E-state index contributed by atoms with van der Waals surface area (Å²) in [6, 6.07) is 12.1. The molecule has 1 fully saturated rings. The van der Waals surface area contributed by atoms with Gasteiger partial charge in [-0.05, 0) is 58.4 Å². The fraction of sp³-hybridized carbons (Fsp3) is 0.440. The summed E-state index contributed by atoms with van der Waals surface area (Å²) in [5.74, 6) is -0.274. The Bertz CT molecular complexity index is 1190. The van der Waals surface area contributed by atoms with E-state index in [-0.39, 0.29) is 18.0 Å². The highest BCUT2D eigenvalue weighted by Crippen LogP contribution is 2.29. The van der Waals surface area contributed by atoms with E-state index >= 15 is 0 Å². The molecule has 3 aromatic rings. The first-order valence-electron chi connectivity index (χ1n) is 11.3. The fourth-order valence-corrected chi connectivity index (χ4v) is 4.24. The first kappa shape index (κ1) is 22.8. The van der Waals surface area contributed by atoms with Crippen molar-refractivity contribution in [3.8, 4) is 0 Å². The van der Waals surface area contributed by atoms with Crippen molar-refractivity contribution in [2.75, 3.05) is 18.4 Å². The number of likely N-dealkylation sites (tertiary alicyclic amines) is 1. The quantitative estimate of drug-likeness (QED) is 0.616. The van der Waals surface area contributed by atoms with Crippen LogP contribution in [0.1, 0.15) is 61.4 Å². The van der Waals surface area contributed by atoms with Gasteiger partial charge in [-0.1, -0.05) is 41.6 Å². The molecule has 0 unspecified atom stereocenters. The minimum atomic E-state index is -0.513. The average molecular weight is 450 g/mol. The van der Waals surface area contributed by atoms with Crippen molar-refractivity contribution in [2.24, 2.45) is 0 Å². The number of hydrogen-bond acceptors (Lipinski definition) is 5. The van der Waals surface area contributed by atoms with Gasteiger partial charge in [0, 0.05) is 18.5 Å². The van der Waals surface area contributed by atoms with Crippen LogP contribution in [0.25, 0.3) is 10.8 Å². The van der Waals surface area contributed by atoms with Gasteiger partial charge in [0.05, 0.1) is 17.4 Å². The van der Waals surface area contributed by atoms with Crippen LogP contribution in [0, 0.1) is 13.8 Å². The maximum atomic E-state index is 13.1. The molecule has 2 amide bonds. The predicted octanol–water partition coefficient (Wildman–Crippen LogP) is 4.87. The van der Waals surface area contributed by atoms with E-state index in [2.05, 4.69) is 15.6 Å². The Morgan fingerprint density at radius 3 is 2.45 bits per heavy atom. The second kappa shape index (κ2) is 8.84. The smallest absolute Gasteiger partial charge is 0.410 e. The summed E-state index contributed by atoms with van der Waals surface area (Å²) in [7, 11) is 0. The molecule has 1 saturated heterocycles. The number of fused-ring (bicyclic) bond motifs is 1. The van der Waals surface area contributed by atoms with Crippen LogP contribution < -0.4 is 5.32 Å². The molecule has 0 bridgehead atoms. The number of rotatable bonds is 3. The number of amides is 2. The molecule has 1 N–H and O–H groups in total. The van der Waals surface area contributed by atoms with E-state index in [1.54, 1.807) is 4.90 Å². The summed E-state index contributed by atoms with van der Waals surface area (Å²) in [5.41, 5.74) is 2.30. The van der Waals surface area contributed by atoms with Crippen LogP contribution >= 0.6 is 0 Å². The van der Waals surface area contributed by atoms with Gasteiger partial charge in [-0.25, -0.2) is 9.48 Å². The van der Waals surface area contributed by atoms with Crippen LogP contribution in [0.5, 0.6) is 0 Å². The number of carbonyl (C=O) groups excluding carboxylic acids is 2. The molecule has 33 heavy (non-hydrogen) atoms. The molecule has 1 aliphatic heterocycles. The SMILES string of the molecule is Cc1ccc2ccccc2c1NC(=O)c1nnn(C2CCN(C(=O)OC(C)(C)C)CC2)c1C. The maximum absolute atomic E-state index is 13.1. The number of aryl methyl sites for hydroxylation is 1. The maximum Gasteiger partial charge on any atom is 0.410 e. The predicted molar refractivity (Wildman–Crippen MR) is 127 cm³/mol. The van der Waals surface area contributed by atoms with Crippen LogP contribution in [0.2, 0.25) is 0 Å². The topological polar surface area (TPSA) is 89.4 Å². The van der Waals surface area contributed by atoms with Gasteiger partial charge >= 0.3 is 6.09 Å². The highest BCUT2D eigenvalue weighted by Gasteiger charge is 2.30. The lowest BCUT2D eigenvalue weighted by atomic mass is 10.0. The second-order valence-electron chi connectivity index (χ2n) is 9.60. The van der Waals surface area contributed by atoms with Crippen molar-refractivity contribution in [2.45, 2.75) is 59.1 Å². The van der Waals surface area contributed by atoms with Crippen LogP contribution in [0.4, 0.5) is 10.5 Å². The van der Waals surface area contributed by atoms with Crippen molar-refractivity contribution in [3.63, 3.8) is 0 Å². The molecular weight excluding hydrogens is 418 g/mol. The first-order chi connectivity index (χ1) is 15.6. The van der Waals surface area contributed by atoms with Crippen LogP contribution in [-0.4, -0.2) is 50.6 Å². The summed E-state index contributed by atoms with van der Waals surface area (Å²) in [6.07, 6.45) is 1.17. The average Bonchev–Trinajstić information content (AvgIpc) is 3.16.